The summed E-state index contributed by atoms with van der Waals surface area (Å²) in [6.45, 7) is 0.0266. The lowest BCUT2D eigenvalue weighted by molar-refractivity contribution is -0.174. The molecule has 1 fully saturated rings. The number of carbonyl (C=O) groups is 2. The monoisotopic (exact) mass is 240 g/mol. The molecular formula is C8H11F3N2O3. The van der Waals surface area contributed by atoms with Gasteiger partial charge in [0.05, 0.1) is 0 Å². The summed E-state index contributed by atoms with van der Waals surface area (Å²) >= 11 is 0. The Morgan fingerprint density at radius 1 is 1.31 bits per heavy atom. The van der Waals surface area contributed by atoms with Gasteiger partial charge in [-0.05, 0) is 12.8 Å². The number of aliphatic carboxylic acids is 1. The molecule has 1 amide bonds. The highest BCUT2D eigenvalue weighted by Crippen LogP contribution is 2.16. The SMILES string of the molecule is O=C(O)[C@@H]1CC[C@@H](NC(=O)C(F)(F)F)CN1. The fourth-order valence-corrected chi connectivity index (χ4v) is 1.46. The van der Waals surface area contributed by atoms with Crippen molar-refractivity contribution in [1.29, 1.82) is 0 Å². The molecule has 0 unspecified atom stereocenters. The van der Waals surface area contributed by atoms with Gasteiger partial charge in [0, 0.05) is 12.6 Å². The summed E-state index contributed by atoms with van der Waals surface area (Å²) in [5, 5.41) is 12.9. The summed E-state index contributed by atoms with van der Waals surface area (Å²) in [6.07, 6.45) is -4.49. The molecule has 0 radical (unpaired) electrons. The van der Waals surface area contributed by atoms with E-state index in [0.29, 0.717) is 0 Å². The highest BCUT2D eigenvalue weighted by molar-refractivity contribution is 5.82. The number of nitrogens with one attached hydrogen (secondary N) is 2. The van der Waals surface area contributed by atoms with Crippen LogP contribution >= 0.6 is 0 Å². The van der Waals surface area contributed by atoms with Crippen molar-refractivity contribution in [3.05, 3.63) is 0 Å². The van der Waals surface area contributed by atoms with E-state index in [1.54, 1.807) is 5.32 Å². The number of carboxylic acids is 1. The maximum absolute atomic E-state index is 11.9. The average Bonchev–Trinajstić information content (AvgIpc) is 2.17. The lowest BCUT2D eigenvalue weighted by Gasteiger charge is -2.28. The largest absolute Gasteiger partial charge is 0.480 e. The number of hydrogen-bond acceptors (Lipinski definition) is 3. The summed E-state index contributed by atoms with van der Waals surface area (Å²) in [4.78, 5) is 21.1. The number of carbonyl (C=O) groups excluding carboxylic acids is 1. The Morgan fingerprint density at radius 2 is 1.94 bits per heavy atom. The third-order valence-corrected chi connectivity index (χ3v) is 2.31. The van der Waals surface area contributed by atoms with Crippen molar-refractivity contribution in [2.24, 2.45) is 0 Å². The first kappa shape index (κ1) is 12.8. The van der Waals surface area contributed by atoms with Gasteiger partial charge in [-0.3, -0.25) is 9.59 Å². The van der Waals surface area contributed by atoms with E-state index in [1.165, 1.54) is 0 Å². The van der Waals surface area contributed by atoms with Crippen LogP contribution in [0.5, 0.6) is 0 Å². The minimum atomic E-state index is -4.90. The lowest BCUT2D eigenvalue weighted by Crippen LogP contribution is -2.54. The number of carboxylic acid groups (broad SMARTS) is 1. The van der Waals surface area contributed by atoms with Gasteiger partial charge < -0.3 is 15.7 Å². The molecule has 0 aromatic rings. The molecule has 0 spiro atoms. The van der Waals surface area contributed by atoms with Gasteiger partial charge in [0.15, 0.2) is 0 Å². The standard InChI is InChI=1S/C8H11F3N2O3/c9-8(10,11)7(16)13-4-1-2-5(6(14)15)12-3-4/h4-5,12H,1-3H2,(H,13,16)(H,14,15)/t4-,5+/m1/s1. The molecule has 92 valence electrons. The Labute approximate surface area is 89.0 Å². The van der Waals surface area contributed by atoms with E-state index in [2.05, 4.69) is 5.32 Å². The van der Waals surface area contributed by atoms with E-state index < -0.39 is 30.1 Å². The Bertz CT molecular complexity index is 285. The molecule has 2 atom stereocenters. The fourth-order valence-electron chi connectivity index (χ4n) is 1.46. The molecule has 1 aliphatic rings. The number of piperidine rings is 1. The molecule has 0 saturated carbocycles. The van der Waals surface area contributed by atoms with Crippen LogP contribution < -0.4 is 10.6 Å². The lowest BCUT2D eigenvalue weighted by atomic mass is 10.0. The number of rotatable bonds is 2. The predicted molar refractivity (Wildman–Crippen MR) is 46.6 cm³/mol. The number of alkyl halides is 3. The zero-order valence-corrected chi connectivity index (χ0v) is 8.17. The summed E-state index contributed by atoms with van der Waals surface area (Å²) in [5.74, 6) is -3.03. The molecule has 5 nitrogen and oxygen atoms in total. The summed E-state index contributed by atoms with van der Waals surface area (Å²) in [5.41, 5.74) is 0. The molecule has 1 rings (SSSR count). The zero-order valence-electron chi connectivity index (χ0n) is 8.17. The van der Waals surface area contributed by atoms with E-state index in [-0.39, 0.29) is 19.4 Å². The minimum absolute atomic E-state index is 0.0266. The van der Waals surface area contributed by atoms with Crippen molar-refractivity contribution in [3.63, 3.8) is 0 Å². The molecule has 0 bridgehead atoms. The first-order chi connectivity index (χ1) is 7.30. The van der Waals surface area contributed by atoms with Gasteiger partial charge >= 0.3 is 18.1 Å². The van der Waals surface area contributed by atoms with Crippen LogP contribution in [-0.4, -0.2) is 41.8 Å². The van der Waals surface area contributed by atoms with Crippen LogP contribution in [0.2, 0.25) is 0 Å². The van der Waals surface area contributed by atoms with Crippen molar-refractivity contribution in [3.8, 4) is 0 Å². The molecular weight excluding hydrogens is 229 g/mol. The maximum Gasteiger partial charge on any atom is 0.471 e. The molecule has 1 heterocycles. The van der Waals surface area contributed by atoms with E-state index >= 15 is 0 Å². The highest BCUT2D eigenvalue weighted by Gasteiger charge is 2.40. The number of halogens is 3. The molecule has 0 aliphatic carbocycles. The van der Waals surface area contributed by atoms with E-state index in [1.807, 2.05) is 0 Å². The van der Waals surface area contributed by atoms with E-state index in [9.17, 15) is 22.8 Å². The van der Waals surface area contributed by atoms with Gasteiger partial charge in [-0.1, -0.05) is 0 Å². The second-order valence-corrected chi connectivity index (χ2v) is 3.54. The topological polar surface area (TPSA) is 78.4 Å². The van der Waals surface area contributed by atoms with Gasteiger partial charge in [-0.15, -0.1) is 0 Å². The second kappa shape index (κ2) is 4.69. The van der Waals surface area contributed by atoms with Crippen molar-refractivity contribution in [1.82, 2.24) is 10.6 Å². The minimum Gasteiger partial charge on any atom is -0.480 e. The Morgan fingerprint density at radius 3 is 2.31 bits per heavy atom. The summed E-state index contributed by atoms with van der Waals surface area (Å²) in [6, 6.07) is -1.43. The highest BCUT2D eigenvalue weighted by atomic mass is 19.4. The molecule has 16 heavy (non-hydrogen) atoms. The van der Waals surface area contributed by atoms with Gasteiger partial charge in [-0.2, -0.15) is 13.2 Å². The first-order valence-corrected chi connectivity index (χ1v) is 4.64. The van der Waals surface area contributed by atoms with Crippen LogP contribution in [0.4, 0.5) is 13.2 Å². The molecule has 0 aromatic heterocycles. The number of amides is 1. The smallest absolute Gasteiger partial charge is 0.471 e. The molecule has 0 aromatic carbocycles. The van der Waals surface area contributed by atoms with Crippen molar-refractivity contribution in [2.75, 3.05) is 6.54 Å². The van der Waals surface area contributed by atoms with Crippen molar-refractivity contribution >= 4 is 11.9 Å². The molecule has 3 N–H and O–H groups in total. The van der Waals surface area contributed by atoms with Crippen LogP contribution in [0.3, 0.4) is 0 Å². The Hall–Kier alpha value is -1.31. The normalized spacial score (nSPS) is 26.2. The molecule has 8 heteroatoms. The quantitative estimate of drug-likeness (QED) is 0.628. The van der Waals surface area contributed by atoms with Gasteiger partial charge in [0.25, 0.3) is 0 Å². The van der Waals surface area contributed by atoms with E-state index in [0.717, 1.165) is 0 Å². The maximum atomic E-state index is 11.9. The molecule has 1 aliphatic heterocycles. The number of hydrogen-bond donors (Lipinski definition) is 3. The Kier molecular flexibility index (Phi) is 3.74. The van der Waals surface area contributed by atoms with Crippen molar-refractivity contribution in [2.45, 2.75) is 31.1 Å². The molecule has 1 saturated heterocycles. The van der Waals surface area contributed by atoms with Crippen molar-refractivity contribution < 1.29 is 27.9 Å². The predicted octanol–water partition coefficient (Wildman–Crippen LogP) is -0.130. The summed E-state index contributed by atoms with van der Waals surface area (Å²) < 4.78 is 35.6. The first-order valence-electron chi connectivity index (χ1n) is 4.64. The van der Waals surface area contributed by atoms with Crippen LogP contribution in [0.15, 0.2) is 0 Å². The third-order valence-electron chi connectivity index (χ3n) is 2.31. The van der Waals surface area contributed by atoms with Gasteiger partial charge in [-0.25, -0.2) is 0 Å². The average molecular weight is 240 g/mol. The van der Waals surface area contributed by atoms with Crippen LogP contribution in [-0.2, 0) is 9.59 Å². The van der Waals surface area contributed by atoms with Gasteiger partial charge in [0.1, 0.15) is 6.04 Å². The van der Waals surface area contributed by atoms with E-state index in [4.69, 9.17) is 5.11 Å². The fraction of sp³-hybridized carbons (Fsp3) is 0.750. The van der Waals surface area contributed by atoms with Crippen LogP contribution in [0.25, 0.3) is 0 Å². The zero-order chi connectivity index (χ0) is 12.3. The second-order valence-electron chi connectivity index (χ2n) is 3.54. The summed E-state index contributed by atoms with van der Waals surface area (Å²) in [7, 11) is 0. The van der Waals surface area contributed by atoms with Crippen LogP contribution in [0, 0.1) is 0 Å². The third kappa shape index (κ3) is 3.37. The Balaban J connectivity index is 2.38. The van der Waals surface area contributed by atoms with Gasteiger partial charge in [0.2, 0.25) is 0 Å². The van der Waals surface area contributed by atoms with Crippen LogP contribution in [0.1, 0.15) is 12.8 Å².